The third kappa shape index (κ3) is 5.07. The van der Waals surface area contributed by atoms with Gasteiger partial charge in [-0.15, -0.1) is 0 Å². The third-order valence-corrected chi connectivity index (χ3v) is 4.26. The Kier molecular flexibility index (Phi) is 5.95. The fourth-order valence-electron chi connectivity index (χ4n) is 2.89. The van der Waals surface area contributed by atoms with Crippen molar-refractivity contribution in [3.8, 4) is 0 Å². The molecule has 158 valence electrons. The SMILES string of the molecule is Cc1cc(C)n(CCC(=O)Nc2ccc(NC(=O)c3ccco3)cc2C(F)(F)F)n1. The number of nitrogens with one attached hydrogen (secondary N) is 2. The number of furan rings is 1. The Morgan fingerprint density at radius 2 is 1.90 bits per heavy atom. The van der Waals surface area contributed by atoms with E-state index in [2.05, 4.69) is 15.7 Å². The number of hydrogen-bond donors (Lipinski definition) is 2. The number of alkyl halides is 3. The summed E-state index contributed by atoms with van der Waals surface area (Å²) < 4.78 is 47.0. The standard InChI is InChI=1S/C20H19F3N4O3/c1-12-10-13(2)27(26-12)8-7-18(28)25-16-6-5-14(11-15(16)20(21,22)23)24-19(29)17-4-3-9-30-17/h3-6,9-11H,7-8H2,1-2H3,(H,24,29)(H,25,28). The second kappa shape index (κ2) is 8.44. The van der Waals surface area contributed by atoms with Crippen LogP contribution >= 0.6 is 0 Å². The number of halogens is 3. The lowest BCUT2D eigenvalue weighted by atomic mass is 10.1. The zero-order valence-corrected chi connectivity index (χ0v) is 16.2. The van der Waals surface area contributed by atoms with Crippen LogP contribution in [0, 0.1) is 13.8 Å². The highest BCUT2D eigenvalue weighted by atomic mass is 19.4. The van der Waals surface area contributed by atoms with Crippen LogP contribution in [0.15, 0.2) is 47.1 Å². The van der Waals surface area contributed by atoms with E-state index >= 15 is 0 Å². The number of anilines is 2. The molecule has 2 N–H and O–H groups in total. The fourth-order valence-corrected chi connectivity index (χ4v) is 2.89. The number of hydrogen-bond acceptors (Lipinski definition) is 4. The summed E-state index contributed by atoms with van der Waals surface area (Å²) in [6, 6.07) is 7.85. The molecule has 7 nitrogen and oxygen atoms in total. The molecule has 3 rings (SSSR count). The number of aromatic nitrogens is 2. The van der Waals surface area contributed by atoms with E-state index in [4.69, 9.17) is 4.42 Å². The van der Waals surface area contributed by atoms with E-state index in [0.717, 1.165) is 23.5 Å². The number of nitrogens with zero attached hydrogens (tertiary/aromatic N) is 2. The van der Waals surface area contributed by atoms with Crippen LogP contribution in [0.4, 0.5) is 24.5 Å². The van der Waals surface area contributed by atoms with Gasteiger partial charge in [-0.3, -0.25) is 14.3 Å². The lowest BCUT2D eigenvalue weighted by Gasteiger charge is -2.16. The molecule has 0 unspecified atom stereocenters. The molecule has 2 heterocycles. The highest BCUT2D eigenvalue weighted by molar-refractivity contribution is 6.02. The van der Waals surface area contributed by atoms with Crippen molar-refractivity contribution in [2.75, 3.05) is 10.6 Å². The maximum atomic E-state index is 13.5. The van der Waals surface area contributed by atoms with Gasteiger partial charge in [0.1, 0.15) is 0 Å². The van der Waals surface area contributed by atoms with Crippen molar-refractivity contribution >= 4 is 23.2 Å². The maximum absolute atomic E-state index is 13.5. The first kappa shape index (κ1) is 21.2. The monoisotopic (exact) mass is 420 g/mol. The molecule has 0 fully saturated rings. The van der Waals surface area contributed by atoms with E-state index in [1.54, 1.807) is 4.68 Å². The van der Waals surface area contributed by atoms with Crippen LogP contribution in [0.5, 0.6) is 0 Å². The van der Waals surface area contributed by atoms with Crippen LogP contribution in [-0.2, 0) is 17.5 Å². The molecule has 10 heteroatoms. The van der Waals surface area contributed by atoms with Crippen molar-refractivity contribution in [2.45, 2.75) is 33.0 Å². The topological polar surface area (TPSA) is 89.2 Å². The predicted octanol–water partition coefficient (Wildman–Crippen LogP) is 4.39. The van der Waals surface area contributed by atoms with Gasteiger partial charge in [-0.1, -0.05) is 0 Å². The molecule has 2 aromatic heterocycles. The molecule has 0 atom stereocenters. The average Bonchev–Trinajstić information content (AvgIpc) is 3.30. The minimum Gasteiger partial charge on any atom is -0.459 e. The third-order valence-electron chi connectivity index (χ3n) is 4.26. The fraction of sp³-hybridized carbons (Fsp3) is 0.250. The summed E-state index contributed by atoms with van der Waals surface area (Å²) in [4.78, 5) is 24.2. The highest BCUT2D eigenvalue weighted by Gasteiger charge is 2.34. The lowest BCUT2D eigenvalue weighted by molar-refractivity contribution is -0.136. The summed E-state index contributed by atoms with van der Waals surface area (Å²) in [6.45, 7) is 3.88. The van der Waals surface area contributed by atoms with Crippen LogP contribution < -0.4 is 10.6 Å². The number of rotatable bonds is 6. The largest absolute Gasteiger partial charge is 0.459 e. The summed E-state index contributed by atoms with van der Waals surface area (Å²) in [5.41, 5.74) is 0.104. The van der Waals surface area contributed by atoms with Gasteiger partial charge in [0.2, 0.25) is 5.91 Å². The number of carbonyl (C=O) groups is 2. The zero-order chi connectivity index (χ0) is 21.9. The van der Waals surface area contributed by atoms with Gasteiger partial charge in [0.25, 0.3) is 5.91 Å². The minimum atomic E-state index is -4.73. The van der Waals surface area contributed by atoms with E-state index in [0.29, 0.717) is 0 Å². The van der Waals surface area contributed by atoms with Gasteiger partial charge in [-0.25, -0.2) is 0 Å². The van der Waals surface area contributed by atoms with Crippen molar-refractivity contribution in [1.82, 2.24) is 9.78 Å². The molecule has 0 aliphatic carbocycles. The van der Waals surface area contributed by atoms with Gasteiger partial charge in [0.15, 0.2) is 5.76 Å². The Morgan fingerprint density at radius 1 is 1.13 bits per heavy atom. The summed E-state index contributed by atoms with van der Waals surface area (Å²) in [7, 11) is 0. The quantitative estimate of drug-likeness (QED) is 0.619. The molecule has 0 saturated heterocycles. The highest BCUT2D eigenvalue weighted by Crippen LogP contribution is 2.36. The summed E-state index contributed by atoms with van der Waals surface area (Å²) in [6.07, 6.45) is -3.50. The molecule has 0 radical (unpaired) electrons. The second-order valence-electron chi connectivity index (χ2n) is 6.64. The van der Waals surface area contributed by atoms with Crippen LogP contribution in [-0.4, -0.2) is 21.6 Å². The first-order chi connectivity index (χ1) is 14.1. The van der Waals surface area contributed by atoms with E-state index in [1.165, 1.54) is 24.5 Å². The molecule has 30 heavy (non-hydrogen) atoms. The predicted molar refractivity (Wildman–Crippen MR) is 103 cm³/mol. The molecule has 0 aliphatic rings. The van der Waals surface area contributed by atoms with Crippen LogP contribution in [0.1, 0.15) is 33.9 Å². The second-order valence-corrected chi connectivity index (χ2v) is 6.64. The van der Waals surface area contributed by atoms with E-state index in [-0.39, 0.29) is 24.4 Å². The van der Waals surface area contributed by atoms with E-state index < -0.39 is 29.2 Å². The van der Waals surface area contributed by atoms with Crippen molar-refractivity contribution in [3.05, 3.63) is 65.4 Å². The Hall–Kier alpha value is -3.56. The molecule has 0 spiro atoms. The molecule has 3 aromatic rings. The van der Waals surface area contributed by atoms with Crippen LogP contribution in [0.3, 0.4) is 0 Å². The molecular weight excluding hydrogens is 401 g/mol. The average molecular weight is 420 g/mol. The van der Waals surface area contributed by atoms with Gasteiger partial charge >= 0.3 is 6.18 Å². The van der Waals surface area contributed by atoms with Gasteiger partial charge in [0, 0.05) is 24.3 Å². The molecule has 0 bridgehead atoms. The minimum absolute atomic E-state index is 0.0370. The van der Waals surface area contributed by atoms with Crippen molar-refractivity contribution in [3.63, 3.8) is 0 Å². The number of benzene rings is 1. The van der Waals surface area contributed by atoms with E-state index in [9.17, 15) is 22.8 Å². The van der Waals surface area contributed by atoms with Crippen molar-refractivity contribution in [1.29, 1.82) is 0 Å². The van der Waals surface area contributed by atoms with E-state index in [1.807, 2.05) is 19.9 Å². The van der Waals surface area contributed by atoms with Gasteiger partial charge in [-0.05, 0) is 50.2 Å². The molecular formula is C20H19F3N4O3. The van der Waals surface area contributed by atoms with Gasteiger partial charge in [0.05, 0.1) is 23.2 Å². The smallest absolute Gasteiger partial charge is 0.418 e. The summed E-state index contributed by atoms with van der Waals surface area (Å²) in [5.74, 6) is -1.31. The van der Waals surface area contributed by atoms with Crippen LogP contribution in [0.2, 0.25) is 0 Å². The Labute approximate surface area is 169 Å². The van der Waals surface area contributed by atoms with Crippen molar-refractivity contribution in [2.24, 2.45) is 0 Å². The number of aryl methyl sites for hydroxylation is 3. The summed E-state index contributed by atoms with van der Waals surface area (Å²) in [5, 5.41) is 8.84. The number of amides is 2. The Morgan fingerprint density at radius 3 is 2.50 bits per heavy atom. The van der Waals surface area contributed by atoms with Gasteiger partial charge in [-0.2, -0.15) is 18.3 Å². The van der Waals surface area contributed by atoms with Crippen LogP contribution in [0.25, 0.3) is 0 Å². The summed E-state index contributed by atoms with van der Waals surface area (Å²) >= 11 is 0. The first-order valence-electron chi connectivity index (χ1n) is 9.00. The molecule has 0 aliphatic heterocycles. The molecule has 2 amide bonds. The Bertz CT molecular complexity index is 1060. The first-order valence-corrected chi connectivity index (χ1v) is 9.00. The molecule has 1 aromatic carbocycles. The lowest BCUT2D eigenvalue weighted by Crippen LogP contribution is -2.19. The van der Waals surface area contributed by atoms with Gasteiger partial charge < -0.3 is 15.1 Å². The maximum Gasteiger partial charge on any atom is 0.418 e. The number of carbonyl (C=O) groups excluding carboxylic acids is 2. The van der Waals surface area contributed by atoms with Crippen molar-refractivity contribution < 1.29 is 27.2 Å². The molecule has 0 saturated carbocycles. The zero-order valence-electron chi connectivity index (χ0n) is 16.2. The normalized spacial score (nSPS) is 11.4. The Balaban J connectivity index is 1.72.